The maximum absolute atomic E-state index is 12.7. The number of amides is 1. The number of rotatable bonds is 3. The van der Waals surface area contributed by atoms with Crippen LogP contribution in [0.2, 0.25) is 0 Å². The van der Waals surface area contributed by atoms with Gasteiger partial charge in [0.15, 0.2) is 9.84 Å². The summed E-state index contributed by atoms with van der Waals surface area (Å²) in [6, 6.07) is 11.0. The van der Waals surface area contributed by atoms with Crippen LogP contribution in [0.5, 0.6) is 0 Å². The molecular formula is C14H12FNO3S. The Hall–Kier alpha value is -2.21. The van der Waals surface area contributed by atoms with E-state index in [1.807, 2.05) is 0 Å². The second kappa shape index (κ2) is 5.42. The molecule has 0 saturated carbocycles. The Kier molecular flexibility index (Phi) is 3.85. The summed E-state index contributed by atoms with van der Waals surface area (Å²) in [5, 5.41) is 2.59. The number of hydrogen-bond donors (Lipinski definition) is 1. The highest BCUT2D eigenvalue weighted by atomic mass is 32.2. The fourth-order valence-electron chi connectivity index (χ4n) is 1.59. The molecule has 0 aliphatic heterocycles. The quantitative estimate of drug-likeness (QED) is 0.945. The lowest BCUT2D eigenvalue weighted by atomic mass is 10.2. The van der Waals surface area contributed by atoms with Crippen molar-refractivity contribution in [2.24, 2.45) is 0 Å². The number of anilines is 1. The molecule has 6 heteroatoms. The average Bonchev–Trinajstić information content (AvgIpc) is 2.40. The average molecular weight is 293 g/mol. The molecule has 0 saturated heterocycles. The third-order valence-corrected chi connectivity index (χ3v) is 3.78. The fourth-order valence-corrected chi connectivity index (χ4v) is 2.22. The van der Waals surface area contributed by atoms with Crippen LogP contribution in [0.1, 0.15) is 10.4 Å². The number of carbonyl (C=O) groups excluding carboxylic acids is 1. The molecule has 4 nitrogen and oxygen atoms in total. The van der Waals surface area contributed by atoms with E-state index in [0.29, 0.717) is 11.3 Å². The minimum atomic E-state index is -3.28. The predicted octanol–water partition coefficient (Wildman–Crippen LogP) is 2.48. The van der Waals surface area contributed by atoms with E-state index < -0.39 is 15.7 Å². The first kappa shape index (κ1) is 14.2. The zero-order chi connectivity index (χ0) is 14.8. The van der Waals surface area contributed by atoms with Crippen LogP contribution in [0.25, 0.3) is 0 Å². The third kappa shape index (κ3) is 3.42. The van der Waals surface area contributed by atoms with Gasteiger partial charge in [-0.15, -0.1) is 0 Å². The molecule has 2 rings (SSSR count). The molecule has 0 heterocycles. The van der Waals surface area contributed by atoms with Crippen molar-refractivity contribution in [1.82, 2.24) is 0 Å². The first-order valence-corrected chi connectivity index (χ1v) is 7.62. The Balaban J connectivity index is 2.15. The molecule has 0 fully saturated rings. The lowest BCUT2D eigenvalue weighted by Gasteiger charge is -2.05. The number of halogens is 1. The molecule has 0 aliphatic carbocycles. The molecule has 20 heavy (non-hydrogen) atoms. The van der Waals surface area contributed by atoms with Gasteiger partial charge in [-0.05, 0) is 48.5 Å². The summed E-state index contributed by atoms with van der Waals surface area (Å²) in [4.78, 5) is 12.1. The molecular weight excluding hydrogens is 281 g/mol. The number of hydrogen-bond acceptors (Lipinski definition) is 3. The van der Waals surface area contributed by atoms with Crippen molar-refractivity contribution in [3.05, 3.63) is 59.9 Å². The maximum Gasteiger partial charge on any atom is 0.255 e. The van der Waals surface area contributed by atoms with Gasteiger partial charge in [0.1, 0.15) is 5.82 Å². The van der Waals surface area contributed by atoms with Gasteiger partial charge in [-0.1, -0.05) is 0 Å². The van der Waals surface area contributed by atoms with Gasteiger partial charge in [0.25, 0.3) is 5.91 Å². The molecule has 0 radical (unpaired) electrons. The zero-order valence-electron chi connectivity index (χ0n) is 10.6. The molecule has 0 aromatic heterocycles. The van der Waals surface area contributed by atoms with Crippen molar-refractivity contribution in [2.75, 3.05) is 11.6 Å². The molecule has 0 spiro atoms. The Morgan fingerprint density at radius 3 is 2.05 bits per heavy atom. The van der Waals surface area contributed by atoms with Gasteiger partial charge in [0.2, 0.25) is 0 Å². The third-order valence-electron chi connectivity index (χ3n) is 2.65. The van der Waals surface area contributed by atoms with E-state index in [1.165, 1.54) is 48.5 Å². The number of benzene rings is 2. The van der Waals surface area contributed by atoms with Gasteiger partial charge in [-0.3, -0.25) is 4.79 Å². The van der Waals surface area contributed by atoms with Crippen LogP contribution < -0.4 is 5.32 Å². The van der Waals surface area contributed by atoms with Gasteiger partial charge in [-0.25, -0.2) is 12.8 Å². The second-order valence-electron chi connectivity index (χ2n) is 4.26. The van der Waals surface area contributed by atoms with Crippen molar-refractivity contribution in [3.8, 4) is 0 Å². The SMILES string of the molecule is CS(=O)(=O)c1ccc(C(=O)Nc2ccc(F)cc2)cc1. The van der Waals surface area contributed by atoms with Crippen molar-refractivity contribution in [3.63, 3.8) is 0 Å². The predicted molar refractivity (Wildman–Crippen MR) is 73.9 cm³/mol. The van der Waals surface area contributed by atoms with E-state index in [-0.39, 0.29) is 10.7 Å². The second-order valence-corrected chi connectivity index (χ2v) is 6.27. The molecule has 2 aromatic rings. The number of carbonyl (C=O) groups is 1. The standard InChI is InChI=1S/C14H12FNO3S/c1-20(18,19)13-8-2-10(3-9-13)14(17)16-12-6-4-11(15)5-7-12/h2-9H,1H3,(H,16,17). The van der Waals surface area contributed by atoms with Crippen LogP contribution in [0.15, 0.2) is 53.4 Å². The largest absolute Gasteiger partial charge is 0.322 e. The van der Waals surface area contributed by atoms with Gasteiger partial charge in [0, 0.05) is 17.5 Å². The first-order valence-electron chi connectivity index (χ1n) is 5.73. The summed E-state index contributed by atoms with van der Waals surface area (Å²) < 4.78 is 35.3. The molecule has 1 amide bonds. The van der Waals surface area contributed by atoms with Crippen LogP contribution in [0.4, 0.5) is 10.1 Å². The minimum absolute atomic E-state index is 0.149. The van der Waals surface area contributed by atoms with Gasteiger partial charge < -0.3 is 5.32 Å². The normalized spacial score (nSPS) is 11.1. The number of sulfone groups is 1. The van der Waals surface area contributed by atoms with Crippen LogP contribution in [-0.2, 0) is 9.84 Å². The molecule has 0 atom stereocenters. The Bertz CT molecular complexity index is 722. The highest BCUT2D eigenvalue weighted by Gasteiger charge is 2.10. The van der Waals surface area contributed by atoms with E-state index in [9.17, 15) is 17.6 Å². The van der Waals surface area contributed by atoms with E-state index in [4.69, 9.17) is 0 Å². The van der Waals surface area contributed by atoms with Gasteiger partial charge in [-0.2, -0.15) is 0 Å². The van der Waals surface area contributed by atoms with Crippen LogP contribution in [0.3, 0.4) is 0 Å². The topological polar surface area (TPSA) is 63.2 Å². The van der Waals surface area contributed by atoms with E-state index >= 15 is 0 Å². The number of nitrogens with one attached hydrogen (secondary N) is 1. The molecule has 104 valence electrons. The van der Waals surface area contributed by atoms with Crippen molar-refractivity contribution < 1.29 is 17.6 Å². The van der Waals surface area contributed by atoms with Crippen LogP contribution in [-0.4, -0.2) is 20.6 Å². The Labute approximate surface area is 116 Å². The monoisotopic (exact) mass is 293 g/mol. The molecule has 0 aliphatic rings. The first-order chi connectivity index (χ1) is 9.36. The lowest BCUT2D eigenvalue weighted by Crippen LogP contribution is -2.12. The van der Waals surface area contributed by atoms with E-state index in [0.717, 1.165) is 6.26 Å². The van der Waals surface area contributed by atoms with Crippen LogP contribution in [0, 0.1) is 5.82 Å². The van der Waals surface area contributed by atoms with Crippen molar-refractivity contribution in [1.29, 1.82) is 0 Å². The highest BCUT2D eigenvalue weighted by Crippen LogP contribution is 2.13. The zero-order valence-corrected chi connectivity index (χ0v) is 11.4. The summed E-state index contributed by atoms with van der Waals surface area (Å²) in [5.41, 5.74) is 0.783. The summed E-state index contributed by atoms with van der Waals surface area (Å²) in [5.74, 6) is -0.780. The fraction of sp³-hybridized carbons (Fsp3) is 0.0714. The van der Waals surface area contributed by atoms with E-state index in [2.05, 4.69) is 5.32 Å². The molecule has 1 N–H and O–H groups in total. The minimum Gasteiger partial charge on any atom is -0.322 e. The molecule has 0 bridgehead atoms. The summed E-state index contributed by atoms with van der Waals surface area (Å²) in [6.07, 6.45) is 1.10. The summed E-state index contributed by atoms with van der Waals surface area (Å²) in [6.45, 7) is 0. The highest BCUT2D eigenvalue weighted by molar-refractivity contribution is 7.90. The summed E-state index contributed by atoms with van der Waals surface area (Å²) >= 11 is 0. The smallest absolute Gasteiger partial charge is 0.255 e. The van der Waals surface area contributed by atoms with Crippen molar-refractivity contribution in [2.45, 2.75) is 4.90 Å². The van der Waals surface area contributed by atoms with Crippen LogP contribution >= 0.6 is 0 Å². The Morgan fingerprint density at radius 2 is 1.55 bits per heavy atom. The summed E-state index contributed by atoms with van der Waals surface area (Å²) in [7, 11) is -3.28. The van der Waals surface area contributed by atoms with Gasteiger partial charge >= 0.3 is 0 Å². The van der Waals surface area contributed by atoms with Gasteiger partial charge in [0.05, 0.1) is 4.90 Å². The maximum atomic E-state index is 12.7. The molecule has 0 unspecified atom stereocenters. The van der Waals surface area contributed by atoms with E-state index in [1.54, 1.807) is 0 Å². The molecule has 2 aromatic carbocycles. The van der Waals surface area contributed by atoms with Crippen molar-refractivity contribution >= 4 is 21.4 Å². The Morgan fingerprint density at radius 1 is 1.00 bits per heavy atom. The lowest BCUT2D eigenvalue weighted by molar-refractivity contribution is 0.102.